The molecule has 25 heavy (non-hydrogen) atoms. The van der Waals surface area contributed by atoms with E-state index in [1.165, 1.54) is 11.3 Å². The van der Waals surface area contributed by atoms with Gasteiger partial charge in [-0.2, -0.15) is 0 Å². The van der Waals surface area contributed by atoms with E-state index >= 15 is 0 Å². The third-order valence-corrected chi connectivity index (χ3v) is 4.80. The molecule has 3 rings (SSSR count). The zero-order valence-electron chi connectivity index (χ0n) is 14.0. The van der Waals surface area contributed by atoms with E-state index in [0.717, 1.165) is 28.8 Å². The lowest BCUT2D eigenvalue weighted by Gasteiger charge is -2.15. The lowest BCUT2D eigenvalue weighted by molar-refractivity contribution is -0.151. The van der Waals surface area contributed by atoms with Crippen LogP contribution in [0.25, 0.3) is 10.2 Å². The van der Waals surface area contributed by atoms with Crippen LogP contribution in [0.4, 0.5) is 5.13 Å². The second kappa shape index (κ2) is 8.11. The molecule has 0 unspecified atom stereocenters. The van der Waals surface area contributed by atoms with Crippen LogP contribution in [0.5, 0.6) is 5.75 Å². The summed E-state index contributed by atoms with van der Waals surface area (Å²) in [5, 5.41) is 3.15. The van der Waals surface area contributed by atoms with Crippen molar-refractivity contribution in [1.82, 2.24) is 4.98 Å². The summed E-state index contributed by atoms with van der Waals surface area (Å²) in [6, 6.07) is 5.59. The second-order valence-corrected chi connectivity index (χ2v) is 6.75. The minimum Gasteiger partial charge on any atom is -0.494 e. The number of allylic oxidation sites excluding steroid dienone is 2. The van der Waals surface area contributed by atoms with Gasteiger partial charge < -0.3 is 9.47 Å². The first-order chi connectivity index (χ1) is 12.2. The fraction of sp³-hybridized carbons (Fsp3) is 0.389. The van der Waals surface area contributed by atoms with E-state index in [9.17, 15) is 9.59 Å². The van der Waals surface area contributed by atoms with Crippen LogP contribution in [0.1, 0.15) is 26.2 Å². The highest BCUT2D eigenvalue weighted by Crippen LogP contribution is 2.29. The fourth-order valence-electron chi connectivity index (χ4n) is 2.63. The molecule has 1 amide bonds. The van der Waals surface area contributed by atoms with Gasteiger partial charge in [0, 0.05) is 0 Å². The molecule has 0 fully saturated rings. The number of anilines is 1. The van der Waals surface area contributed by atoms with E-state index in [0.29, 0.717) is 18.2 Å². The van der Waals surface area contributed by atoms with Gasteiger partial charge in [0.05, 0.1) is 22.7 Å². The van der Waals surface area contributed by atoms with Crippen molar-refractivity contribution < 1.29 is 19.1 Å². The number of fused-ring (bicyclic) bond motifs is 1. The number of thiazole rings is 1. The van der Waals surface area contributed by atoms with Crippen LogP contribution in [0.2, 0.25) is 0 Å². The van der Waals surface area contributed by atoms with E-state index in [1.807, 2.05) is 31.2 Å². The summed E-state index contributed by atoms with van der Waals surface area (Å²) in [5.41, 5.74) is 0.787. The Kier molecular flexibility index (Phi) is 5.65. The first kappa shape index (κ1) is 17.4. The maximum absolute atomic E-state index is 12.0. The number of carbonyl (C=O) groups is 2. The van der Waals surface area contributed by atoms with Crippen LogP contribution in [0.15, 0.2) is 30.4 Å². The highest BCUT2D eigenvalue weighted by molar-refractivity contribution is 7.22. The van der Waals surface area contributed by atoms with E-state index in [-0.39, 0.29) is 24.4 Å². The molecule has 1 aromatic heterocycles. The topological polar surface area (TPSA) is 77.5 Å². The zero-order valence-corrected chi connectivity index (χ0v) is 14.8. The number of hydrogen-bond donors (Lipinski definition) is 1. The molecule has 0 spiro atoms. The summed E-state index contributed by atoms with van der Waals surface area (Å²) >= 11 is 1.36. The number of carbonyl (C=O) groups excluding carboxylic acids is 2. The quantitative estimate of drug-likeness (QED) is 0.630. The number of hydrogen-bond acceptors (Lipinski definition) is 6. The lowest BCUT2D eigenvalue weighted by Crippen LogP contribution is -2.25. The average Bonchev–Trinajstić information content (AvgIpc) is 3.02. The van der Waals surface area contributed by atoms with Crippen molar-refractivity contribution in [3.05, 3.63) is 30.4 Å². The summed E-state index contributed by atoms with van der Waals surface area (Å²) in [5.74, 6) is -0.0711. The van der Waals surface area contributed by atoms with Crippen LogP contribution in [0.3, 0.4) is 0 Å². The molecule has 1 aliphatic rings. The third-order valence-electron chi connectivity index (χ3n) is 3.87. The number of aromatic nitrogens is 1. The smallest absolute Gasteiger partial charge is 0.309 e. The largest absolute Gasteiger partial charge is 0.494 e. The Morgan fingerprint density at radius 3 is 3.00 bits per heavy atom. The number of benzene rings is 1. The lowest BCUT2D eigenvalue weighted by atomic mass is 9.95. The highest BCUT2D eigenvalue weighted by Gasteiger charge is 2.21. The fourth-order valence-corrected chi connectivity index (χ4v) is 3.54. The summed E-state index contributed by atoms with van der Waals surface area (Å²) in [6.07, 6.45) is 6.37. The molecule has 7 heteroatoms. The Bertz CT molecular complexity index is 799. The molecule has 0 aliphatic heterocycles. The molecule has 1 aliphatic carbocycles. The van der Waals surface area contributed by atoms with Gasteiger partial charge in [-0.25, -0.2) is 4.98 Å². The van der Waals surface area contributed by atoms with Crippen molar-refractivity contribution in [3.63, 3.8) is 0 Å². The third kappa shape index (κ3) is 4.57. The normalized spacial score (nSPS) is 16.6. The number of esters is 1. The Hall–Kier alpha value is -2.41. The molecule has 0 saturated heterocycles. The Balaban J connectivity index is 1.54. The summed E-state index contributed by atoms with van der Waals surface area (Å²) in [4.78, 5) is 28.3. The summed E-state index contributed by atoms with van der Waals surface area (Å²) in [6.45, 7) is 2.22. The monoisotopic (exact) mass is 360 g/mol. The SMILES string of the molecule is CCOc1ccc2nc(NC(=O)COC(=O)[C@H]3CC=CCC3)sc2c1. The molecule has 0 saturated carbocycles. The van der Waals surface area contributed by atoms with Gasteiger partial charge in [0.15, 0.2) is 11.7 Å². The molecule has 0 bridgehead atoms. The van der Waals surface area contributed by atoms with Crippen molar-refractivity contribution in [1.29, 1.82) is 0 Å². The molecule has 1 heterocycles. The molecule has 1 aromatic carbocycles. The first-order valence-electron chi connectivity index (χ1n) is 8.30. The molecular weight excluding hydrogens is 340 g/mol. The van der Waals surface area contributed by atoms with Crippen molar-refractivity contribution in [2.45, 2.75) is 26.2 Å². The average molecular weight is 360 g/mol. The number of rotatable bonds is 6. The van der Waals surface area contributed by atoms with Crippen molar-refractivity contribution in [3.8, 4) is 5.75 Å². The number of nitrogens with zero attached hydrogens (tertiary/aromatic N) is 1. The van der Waals surface area contributed by atoms with E-state index < -0.39 is 0 Å². The standard InChI is InChI=1S/C18H20N2O4S/c1-2-23-13-8-9-14-15(10-13)25-18(19-14)20-16(21)11-24-17(22)12-6-4-3-5-7-12/h3-4,8-10,12H,2,5-7,11H2,1H3,(H,19,20,21)/t12-/m0/s1. The van der Waals surface area contributed by atoms with Crippen LogP contribution < -0.4 is 10.1 Å². The van der Waals surface area contributed by atoms with Gasteiger partial charge >= 0.3 is 5.97 Å². The maximum Gasteiger partial charge on any atom is 0.309 e. The molecule has 2 aromatic rings. The van der Waals surface area contributed by atoms with Gasteiger partial charge in [-0.1, -0.05) is 23.5 Å². The summed E-state index contributed by atoms with van der Waals surface area (Å²) < 4.78 is 11.5. The van der Waals surface area contributed by atoms with E-state index in [2.05, 4.69) is 16.4 Å². The van der Waals surface area contributed by atoms with Gasteiger partial charge in [0.25, 0.3) is 5.91 Å². The molecule has 132 valence electrons. The van der Waals surface area contributed by atoms with Crippen molar-refractivity contribution >= 4 is 38.6 Å². The summed E-state index contributed by atoms with van der Waals surface area (Å²) in [7, 11) is 0. The Morgan fingerprint density at radius 2 is 2.24 bits per heavy atom. The minimum atomic E-state index is -0.385. The zero-order chi connectivity index (χ0) is 17.6. The Morgan fingerprint density at radius 1 is 1.36 bits per heavy atom. The molecule has 0 radical (unpaired) electrons. The second-order valence-electron chi connectivity index (χ2n) is 5.72. The van der Waals surface area contributed by atoms with Crippen molar-refractivity contribution in [2.75, 3.05) is 18.5 Å². The van der Waals surface area contributed by atoms with Crippen LogP contribution in [0, 0.1) is 5.92 Å². The van der Waals surface area contributed by atoms with Crippen LogP contribution >= 0.6 is 11.3 Å². The predicted octanol–water partition coefficient (Wildman–Crippen LogP) is 3.53. The molecular formula is C18H20N2O4S. The van der Waals surface area contributed by atoms with E-state index in [4.69, 9.17) is 9.47 Å². The number of nitrogens with one attached hydrogen (secondary N) is 1. The minimum absolute atomic E-state index is 0.141. The van der Waals surface area contributed by atoms with Gasteiger partial charge in [0.1, 0.15) is 5.75 Å². The number of ether oxygens (including phenoxy) is 2. The predicted molar refractivity (Wildman–Crippen MR) is 96.9 cm³/mol. The first-order valence-corrected chi connectivity index (χ1v) is 9.12. The van der Waals surface area contributed by atoms with Crippen LogP contribution in [-0.2, 0) is 14.3 Å². The molecule has 1 atom stereocenters. The van der Waals surface area contributed by atoms with Crippen LogP contribution in [-0.4, -0.2) is 30.1 Å². The van der Waals surface area contributed by atoms with Gasteiger partial charge in [-0.3, -0.25) is 14.9 Å². The van der Waals surface area contributed by atoms with Gasteiger partial charge in [0.2, 0.25) is 0 Å². The van der Waals surface area contributed by atoms with E-state index in [1.54, 1.807) is 0 Å². The van der Waals surface area contributed by atoms with Crippen molar-refractivity contribution in [2.24, 2.45) is 5.92 Å². The Labute approximate surface area is 149 Å². The van der Waals surface area contributed by atoms with Gasteiger partial charge in [-0.15, -0.1) is 0 Å². The highest BCUT2D eigenvalue weighted by atomic mass is 32.1. The van der Waals surface area contributed by atoms with Gasteiger partial charge in [-0.05, 0) is 44.4 Å². The molecule has 6 nitrogen and oxygen atoms in total. The number of amides is 1. The molecule has 1 N–H and O–H groups in total. The maximum atomic E-state index is 12.0.